The fourth-order valence-corrected chi connectivity index (χ4v) is 6.98. The van der Waals surface area contributed by atoms with E-state index < -0.39 is 11.6 Å². The number of rotatable bonds is 6. The molecule has 4 aromatic rings. The van der Waals surface area contributed by atoms with Crippen LogP contribution >= 0.6 is 0 Å². The van der Waals surface area contributed by atoms with E-state index >= 15 is 4.39 Å². The number of halogens is 1. The van der Waals surface area contributed by atoms with E-state index in [2.05, 4.69) is 46.6 Å². The van der Waals surface area contributed by atoms with Crippen LogP contribution in [0.1, 0.15) is 29.5 Å². The molecule has 0 unspecified atom stereocenters. The Morgan fingerprint density at radius 1 is 0.814 bits per heavy atom. The summed E-state index contributed by atoms with van der Waals surface area (Å²) in [5.41, 5.74) is 3.42. The van der Waals surface area contributed by atoms with E-state index in [1.165, 1.54) is 6.07 Å². The maximum absolute atomic E-state index is 15.5. The number of benzene rings is 4. The van der Waals surface area contributed by atoms with Crippen molar-refractivity contribution in [1.82, 2.24) is 5.32 Å². The SMILES string of the molecule is CN1C(=O)[C@@H](NC(c2ccccc2)(c2ccccc2)c2ccccc2)COc2cc(F)c(N3CC4(CCOCC4)C3)cc21. The van der Waals surface area contributed by atoms with Gasteiger partial charge in [0.25, 0.3) is 0 Å². The van der Waals surface area contributed by atoms with E-state index in [0.29, 0.717) is 17.1 Å². The highest BCUT2D eigenvalue weighted by atomic mass is 19.1. The predicted octanol–water partition coefficient (Wildman–Crippen LogP) is 5.75. The van der Waals surface area contributed by atoms with Crippen molar-refractivity contribution >= 4 is 17.3 Å². The number of nitrogens with one attached hydrogen (secondary N) is 1. The summed E-state index contributed by atoms with van der Waals surface area (Å²) in [6.45, 7) is 3.16. The van der Waals surface area contributed by atoms with Crippen LogP contribution in [0.2, 0.25) is 0 Å². The fraction of sp³-hybridized carbons (Fsp3) is 0.306. The maximum atomic E-state index is 15.5. The monoisotopic (exact) mass is 577 g/mol. The number of anilines is 2. The molecular weight excluding hydrogens is 541 g/mol. The van der Waals surface area contributed by atoms with Crippen LogP contribution in [0.3, 0.4) is 0 Å². The standard InChI is InChI=1S/C36H36FN3O3/c1-39-32-22-31(40-24-35(25-40)17-19-42-20-18-35)29(37)21-33(32)43-23-30(34(39)41)38-36(26-11-5-2-6-12-26,27-13-7-3-8-14-27)28-15-9-4-10-16-28/h2-16,21-22,30,38H,17-20,23-25H2,1H3/t30-/m0/s1. The first-order valence-electron chi connectivity index (χ1n) is 15.0. The number of nitrogens with zero attached hydrogens (tertiary/aromatic N) is 2. The van der Waals surface area contributed by atoms with Crippen molar-refractivity contribution < 1.29 is 18.7 Å². The first-order chi connectivity index (χ1) is 21.0. The average Bonchev–Trinajstić information content (AvgIpc) is 3.15. The van der Waals surface area contributed by atoms with E-state index in [9.17, 15) is 4.79 Å². The Kier molecular flexibility index (Phi) is 7.15. The lowest BCUT2D eigenvalue weighted by Crippen LogP contribution is -2.58. The molecule has 4 aromatic carbocycles. The van der Waals surface area contributed by atoms with Gasteiger partial charge in [-0.25, -0.2) is 4.39 Å². The Hall–Kier alpha value is -4.20. The van der Waals surface area contributed by atoms with Gasteiger partial charge in [-0.05, 0) is 35.6 Å². The molecule has 0 radical (unpaired) electrons. The summed E-state index contributed by atoms with van der Waals surface area (Å²) in [6, 6.07) is 33.0. The summed E-state index contributed by atoms with van der Waals surface area (Å²) in [5, 5.41) is 3.75. The third kappa shape index (κ3) is 4.86. The lowest BCUT2D eigenvalue weighted by molar-refractivity contribution is -0.121. The molecule has 7 rings (SSSR count). The molecule has 1 atom stereocenters. The average molecular weight is 578 g/mol. The van der Waals surface area contributed by atoms with Crippen molar-refractivity contribution in [3.05, 3.63) is 126 Å². The van der Waals surface area contributed by atoms with Crippen molar-refractivity contribution in [3.63, 3.8) is 0 Å². The van der Waals surface area contributed by atoms with E-state index in [0.717, 1.165) is 55.8 Å². The molecule has 3 heterocycles. The summed E-state index contributed by atoms with van der Waals surface area (Å²) in [6.07, 6.45) is 1.99. The molecule has 0 aromatic heterocycles. The molecule has 3 aliphatic heterocycles. The second-order valence-electron chi connectivity index (χ2n) is 12.0. The molecule has 43 heavy (non-hydrogen) atoms. The molecule has 220 valence electrons. The van der Waals surface area contributed by atoms with Gasteiger partial charge in [-0.3, -0.25) is 10.1 Å². The van der Waals surface area contributed by atoms with Crippen molar-refractivity contribution in [1.29, 1.82) is 0 Å². The van der Waals surface area contributed by atoms with Gasteiger partial charge in [0.1, 0.15) is 24.2 Å². The lowest BCUT2D eigenvalue weighted by atomic mass is 9.73. The van der Waals surface area contributed by atoms with E-state index in [-0.39, 0.29) is 23.7 Å². The number of carbonyl (C=O) groups is 1. The summed E-state index contributed by atoms with van der Waals surface area (Å²) < 4.78 is 27.3. The zero-order valence-corrected chi connectivity index (χ0v) is 24.3. The van der Waals surface area contributed by atoms with Gasteiger partial charge in [0.05, 0.1) is 16.9 Å². The summed E-state index contributed by atoms with van der Waals surface area (Å²) in [4.78, 5) is 17.9. The second-order valence-corrected chi connectivity index (χ2v) is 12.0. The van der Waals surface area contributed by atoms with E-state index in [1.54, 1.807) is 18.0 Å². The zero-order valence-electron chi connectivity index (χ0n) is 24.3. The molecule has 2 saturated heterocycles. The van der Waals surface area contributed by atoms with Crippen molar-refractivity contribution in [2.75, 3.05) is 49.8 Å². The molecule has 3 aliphatic rings. The second kappa shape index (κ2) is 11.1. The highest BCUT2D eigenvalue weighted by Crippen LogP contribution is 2.46. The van der Waals surface area contributed by atoms with Gasteiger partial charge in [-0.15, -0.1) is 0 Å². The molecule has 0 saturated carbocycles. The minimum atomic E-state index is -0.850. The van der Waals surface area contributed by atoms with Gasteiger partial charge in [-0.1, -0.05) is 91.0 Å². The van der Waals surface area contributed by atoms with Gasteiger partial charge in [0.15, 0.2) is 0 Å². The molecular formula is C36H36FN3O3. The predicted molar refractivity (Wildman–Crippen MR) is 166 cm³/mol. The van der Waals surface area contributed by atoms with Crippen LogP contribution in [-0.2, 0) is 15.1 Å². The van der Waals surface area contributed by atoms with Crippen LogP contribution in [0.5, 0.6) is 5.75 Å². The molecule has 1 amide bonds. The van der Waals surface area contributed by atoms with Gasteiger partial charge in [0, 0.05) is 44.8 Å². The minimum Gasteiger partial charge on any atom is -0.489 e. The number of carbonyl (C=O) groups excluding carboxylic acids is 1. The topological polar surface area (TPSA) is 54.0 Å². The Bertz CT molecular complexity index is 1490. The van der Waals surface area contributed by atoms with Crippen LogP contribution < -0.4 is 19.9 Å². The highest BCUT2D eigenvalue weighted by Gasteiger charge is 2.46. The molecule has 1 spiro atoms. The van der Waals surface area contributed by atoms with Crippen LogP contribution in [0.15, 0.2) is 103 Å². The number of hydrogen-bond acceptors (Lipinski definition) is 5. The fourth-order valence-electron chi connectivity index (χ4n) is 6.98. The van der Waals surface area contributed by atoms with Crippen LogP contribution in [0, 0.1) is 11.2 Å². The summed E-state index contributed by atoms with van der Waals surface area (Å²) >= 11 is 0. The number of ether oxygens (including phenoxy) is 2. The van der Waals surface area contributed by atoms with Crippen LogP contribution in [0.4, 0.5) is 15.8 Å². The molecule has 2 fully saturated rings. The first-order valence-corrected chi connectivity index (χ1v) is 15.0. The quantitative estimate of drug-likeness (QED) is 0.296. The van der Waals surface area contributed by atoms with Gasteiger partial charge in [0.2, 0.25) is 5.91 Å². The lowest BCUT2D eigenvalue weighted by Gasteiger charge is -2.53. The molecule has 0 aliphatic carbocycles. The van der Waals surface area contributed by atoms with Crippen LogP contribution in [-0.4, -0.2) is 51.9 Å². The first kappa shape index (κ1) is 27.6. The number of amides is 1. The largest absolute Gasteiger partial charge is 0.489 e. The van der Waals surface area contributed by atoms with Crippen molar-refractivity contribution in [3.8, 4) is 5.75 Å². The Balaban J connectivity index is 1.24. The smallest absolute Gasteiger partial charge is 0.247 e. The third-order valence-electron chi connectivity index (χ3n) is 9.38. The van der Waals surface area contributed by atoms with Crippen molar-refractivity contribution in [2.45, 2.75) is 24.4 Å². The van der Waals surface area contributed by atoms with E-state index in [4.69, 9.17) is 9.47 Å². The number of likely N-dealkylation sites (N-methyl/N-ethyl adjacent to an activating group) is 1. The maximum Gasteiger partial charge on any atom is 0.247 e. The molecule has 0 bridgehead atoms. The Morgan fingerprint density at radius 3 is 1.88 bits per heavy atom. The van der Waals surface area contributed by atoms with Crippen molar-refractivity contribution in [2.24, 2.45) is 5.41 Å². The number of hydrogen-bond donors (Lipinski definition) is 1. The molecule has 7 heteroatoms. The molecule has 1 N–H and O–H groups in total. The van der Waals surface area contributed by atoms with Gasteiger partial charge < -0.3 is 19.3 Å². The normalized spacial score (nSPS) is 19.8. The zero-order chi connectivity index (χ0) is 29.4. The summed E-state index contributed by atoms with van der Waals surface area (Å²) in [7, 11) is 1.75. The Labute approximate surface area is 252 Å². The van der Waals surface area contributed by atoms with Crippen LogP contribution in [0.25, 0.3) is 0 Å². The summed E-state index contributed by atoms with van der Waals surface area (Å²) in [5.74, 6) is -0.111. The third-order valence-corrected chi connectivity index (χ3v) is 9.38. The van der Waals surface area contributed by atoms with E-state index in [1.807, 2.05) is 54.6 Å². The molecule has 6 nitrogen and oxygen atoms in total. The van der Waals surface area contributed by atoms with Gasteiger partial charge >= 0.3 is 0 Å². The Morgan fingerprint density at radius 2 is 1.35 bits per heavy atom. The minimum absolute atomic E-state index is 0.0516. The highest BCUT2D eigenvalue weighted by molar-refractivity contribution is 5.99. The number of fused-ring (bicyclic) bond motifs is 1. The van der Waals surface area contributed by atoms with Gasteiger partial charge in [-0.2, -0.15) is 0 Å².